The van der Waals surface area contributed by atoms with Crippen molar-refractivity contribution in [3.63, 3.8) is 0 Å². The van der Waals surface area contributed by atoms with Crippen LogP contribution in [0.3, 0.4) is 0 Å². The van der Waals surface area contributed by atoms with Crippen LogP contribution < -0.4 is 5.32 Å². The molecule has 0 aliphatic heterocycles. The maximum Gasteiger partial charge on any atom is 0.410 e. The number of rotatable bonds is 25. The number of hydrogen-bond acceptors (Lipinski definition) is 11. The monoisotopic (exact) mass is 554 g/mol. The molecule has 0 aromatic carbocycles. The minimum atomic E-state index is -1.13. The third-order valence-corrected chi connectivity index (χ3v) is 4.16. The van der Waals surface area contributed by atoms with E-state index < -0.39 is 24.1 Å². The second kappa shape index (κ2) is 24.0. The van der Waals surface area contributed by atoms with Gasteiger partial charge < -0.3 is 53.2 Å². The minimum Gasteiger partial charge on any atom is -0.480 e. The number of carbonyl (C=O) groups excluding carboxylic acids is 2. The molecule has 224 valence electrons. The van der Waals surface area contributed by atoms with E-state index in [9.17, 15) is 14.4 Å². The molecule has 38 heavy (non-hydrogen) atoms. The summed E-state index contributed by atoms with van der Waals surface area (Å²) in [6, 6.07) is 0. The van der Waals surface area contributed by atoms with Crippen molar-refractivity contribution in [1.29, 1.82) is 0 Å². The SMILES string of the molecule is CN(CCOCCOCCOCCOCCOCCOCCNC(=O)COCC(=O)O)C(=O)OC(C)(C)C. The third kappa shape index (κ3) is 27.0. The molecular weight excluding hydrogens is 508 g/mol. The van der Waals surface area contributed by atoms with Crippen molar-refractivity contribution in [3.8, 4) is 0 Å². The van der Waals surface area contributed by atoms with Crippen LogP contribution in [-0.4, -0.2) is 146 Å². The number of nitrogens with zero attached hydrogens (tertiary/aromatic N) is 1. The van der Waals surface area contributed by atoms with E-state index in [-0.39, 0.29) is 12.7 Å². The summed E-state index contributed by atoms with van der Waals surface area (Å²) in [6.45, 7) is 10.4. The fourth-order valence-corrected chi connectivity index (χ4v) is 2.38. The highest BCUT2D eigenvalue weighted by Crippen LogP contribution is 2.08. The molecule has 2 N–H and O–H groups in total. The summed E-state index contributed by atoms with van der Waals surface area (Å²) in [7, 11) is 1.67. The van der Waals surface area contributed by atoms with Gasteiger partial charge in [0.1, 0.15) is 18.8 Å². The molecule has 0 saturated carbocycles. The largest absolute Gasteiger partial charge is 0.480 e. The van der Waals surface area contributed by atoms with Gasteiger partial charge >= 0.3 is 12.1 Å². The molecule has 14 heteroatoms. The maximum atomic E-state index is 11.8. The molecule has 0 aliphatic rings. The second-order valence-electron chi connectivity index (χ2n) is 8.81. The van der Waals surface area contributed by atoms with Gasteiger partial charge in [0.05, 0.1) is 79.3 Å². The van der Waals surface area contributed by atoms with Gasteiger partial charge in [0, 0.05) is 20.1 Å². The van der Waals surface area contributed by atoms with Gasteiger partial charge in [-0.15, -0.1) is 0 Å². The second-order valence-corrected chi connectivity index (χ2v) is 8.81. The van der Waals surface area contributed by atoms with Crippen LogP contribution >= 0.6 is 0 Å². The third-order valence-electron chi connectivity index (χ3n) is 4.16. The molecule has 0 rings (SSSR count). The van der Waals surface area contributed by atoms with E-state index >= 15 is 0 Å². The summed E-state index contributed by atoms with van der Waals surface area (Å²) >= 11 is 0. The number of carboxylic acids is 1. The summed E-state index contributed by atoms with van der Waals surface area (Å²) in [5, 5.41) is 10.9. The first-order valence-electron chi connectivity index (χ1n) is 12.6. The lowest BCUT2D eigenvalue weighted by Crippen LogP contribution is -2.36. The van der Waals surface area contributed by atoms with Crippen molar-refractivity contribution in [3.05, 3.63) is 0 Å². The Balaban J connectivity index is 3.24. The van der Waals surface area contributed by atoms with Crippen LogP contribution in [-0.2, 0) is 47.5 Å². The molecule has 14 nitrogen and oxygen atoms in total. The van der Waals surface area contributed by atoms with Crippen molar-refractivity contribution < 1.29 is 57.4 Å². The van der Waals surface area contributed by atoms with Crippen molar-refractivity contribution in [1.82, 2.24) is 10.2 Å². The predicted octanol–water partition coefficient (Wildman–Crippen LogP) is 0.170. The molecule has 0 atom stereocenters. The number of likely N-dealkylation sites (N-methyl/N-ethyl adjacent to an activating group) is 1. The Kier molecular flexibility index (Phi) is 22.7. The van der Waals surface area contributed by atoms with Crippen LogP contribution in [0.2, 0.25) is 0 Å². The molecule has 0 saturated heterocycles. The highest BCUT2D eigenvalue weighted by Gasteiger charge is 2.19. The first-order chi connectivity index (χ1) is 18.1. The molecule has 0 radical (unpaired) electrons. The van der Waals surface area contributed by atoms with Crippen LogP contribution in [0, 0.1) is 0 Å². The van der Waals surface area contributed by atoms with Gasteiger partial charge in [-0.1, -0.05) is 0 Å². The van der Waals surface area contributed by atoms with Crippen LogP contribution in [0.1, 0.15) is 20.8 Å². The lowest BCUT2D eigenvalue weighted by molar-refractivity contribution is -0.143. The van der Waals surface area contributed by atoms with Gasteiger partial charge in [-0.25, -0.2) is 9.59 Å². The molecule has 0 heterocycles. The first-order valence-corrected chi connectivity index (χ1v) is 12.6. The number of carbonyl (C=O) groups is 3. The Hall–Kier alpha value is -2.07. The minimum absolute atomic E-state index is 0.298. The molecule has 0 bridgehead atoms. The summed E-state index contributed by atoms with van der Waals surface area (Å²) in [5.41, 5.74) is -0.518. The van der Waals surface area contributed by atoms with E-state index in [1.165, 1.54) is 4.90 Å². The van der Waals surface area contributed by atoms with Gasteiger partial charge in [-0.05, 0) is 20.8 Å². The molecule has 0 unspecified atom stereocenters. The molecular formula is C24H46N2O12. The molecule has 0 fully saturated rings. The summed E-state index contributed by atoms with van der Waals surface area (Å²) in [4.78, 5) is 34.9. The zero-order valence-electron chi connectivity index (χ0n) is 23.2. The molecule has 0 aromatic heterocycles. The van der Waals surface area contributed by atoms with Crippen molar-refractivity contribution in [2.45, 2.75) is 26.4 Å². The van der Waals surface area contributed by atoms with Gasteiger partial charge in [-0.3, -0.25) is 4.79 Å². The van der Waals surface area contributed by atoms with E-state index in [4.69, 9.17) is 38.3 Å². The van der Waals surface area contributed by atoms with E-state index in [1.807, 2.05) is 20.8 Å². The zero-order valence-corrected chi connectivity index (χ0v) is 23.2. The molecule has 0 spiro atoms. The first kappa shape index (κ1) is 35.9. The predicted molar refractivity (Wildman–Crippen MR) is 135 cm³/mol. The van der Waals surface area contributed by atoms with Crippen LogP contribution in [0.25, 0.3) is 0 Å². The summed E-state index contributed by atoms with van der Waals surface area (Å²) in [5.74, 6) is -1.53. The van der Waals surface area contributed by atoms with Crippen molar-refractivity contribution in [2.75, 3.05) is 113 Å². The van der Waals surface area contributed by atoms with Crippen molar-refractivity contribution >= 4 is 18.0 Å². The molecule has 0 aromatic rings. The smallest absolute Gasteiger partial charge is 0.410 e. The van der Waals surface area contributed by atoms with E-state index in [0.29, 0.717) is 92.4 Å². The number of carboxylic acid groups (broad SMARTS) is 1. The highest BCUT2D eigenvalue weighted by molar-refractivity contribution is 5.77. The van der Waals surface area contributed by atoms with E-state index in [1.54, 1.807) is 7.05 Å². The Morgan fingerprint density at radius 3 is 1.50 bits per heavy atom. The number of hydrogen-bond donors (Lipinski definition) is 2. The number of nitrogens with one attached hydrogen (secondary N) is 1. The van der Waals surface area contributed by atoms with Crippen molar-refractivity contribution in [2.24, 2.45) is 0 Å². The maximum absolute atomic E-state index is 11.8. The Labute approximate surface area is 225 Å². The lowest BCUT2D eigenvalue weighted by Gasteiger charge is -2.24. The fraction of sp³-hybridized carbons (Fsp3) is 0.875. The number of ether oxygens (including phenoxy) is 8. The van der Waals surface area contributed by atoms with Crippen LogP contribution in [0.15, 0.2) is 0 Å². The summed E-state index contributed by atoms with van der Waals surface area (Å²) < 4.78 is 42.3. The number of amides is 2. The average Bonchev–Trinajstić information content (AvgIpc) is 2.83. The van der Waals surface area contributed by atoms with E-state index in [0.717, 1.165) is 0 Å². The van der Waals surface area contributed by atoms with Crippen LogP contribution in [0.4, 0.5) is 4.79 Å². The highest BCUT2D eigenvalue weighted by atomic mass is 16.6. The van der Waals surface area contributed by atoms with Gasteiger partial charge in [0.2, 0.25) is 5.91 Å². The van der Waals surface area contributed by atoms with Gasteiger partial charge in [-0.2, -0.15) is 0 Å². The Morgan fingerprint density at radius 2 is 1.08 bits per heavy atom. The lowest BCUT2D eigenvalue weighted by atomic mass is 10.2. The average molecular weight is 555 g/mol. The van der Waals surface area contributed by atoms with Gasteiger partial charge in [0.25, 0.3) is 0 Å². The zero-order chi connectivity index (χ0) is 28.5. The van der Waals surface area contributed by atoms with E-state index in [2.05, 4.69) is 10.1 Å². The topological polar surface area (TPSA) is 161 Å². The Bertz CT molecular complexity index is 616. The molecule has 2 amide bonds. The fourth-order valence-electron chi connectivity index (χ4n) is 2.38. The Morgan fingerprint density at radius 1 is 0.658 bits per heavy atom. The quantitative estimate of drug-likeness (QED) is 0.147. The number of aliphatic carboxylic acids is 1. The van der Waals surface area contributed by atoms with Crippen LogP contribution in [0.5, 0.6) is 0 Å². The normalized spacial score (nSPS) is 11.4. The van der Waals surface area contributed by atoms with Gasteiger partial charge in [0.15, 0.2) is 0 Å². The summed E-state index contributed by atoms with van der Waals surface area (Å²) in [6.07, 6.45) is -0.377. The molecule has 0 aliphatic carbocycles. The standard InChI is InChI=1S/C24H46N2O12/c1-24(2,3)38-23(30)26(4)6-8-32-10-12-34-14-16-36-18-17-35-15-13-33-11-9-31-7-5-25-21(27)19-37-20-22(28)29/h5-20H2,1-4H3,(H,25,27)(H,28,29).